The molecule has 68 valence electrons. The zero-order valence-corrected chi connectivity index (χ0v) is 7.45. The first-order valence-corrected chi connectivity index (χ1v) is 5.28. The normalized spacial score (nSPS) is 57.2. The van der Waals surface area contributed by atoms with Crippen LogP contribution in [0.5, 0.6) is 0 Å². The molecule has 3 aliphatic heterocycles. The highest BCUT2D eigenvalue weighted by molar-refractivity contribution is 5.02. The van der Waals surface area contributed by atoms with Crippen LogP contribution in [0.4, 0.5) is 0 Å². The second-order valence-corrected chi connectivity index (χ2v) is 4.72. The zero-order valence-electron chi connectivity index (χ0n) is 7.45. The molecule has 0 spiro atoms. The van der Waals surface area contributed by atoms with Crippen molar-refractivity contribution in [1.29, 1.82) is 0 Å². The predicted molar refractivity (Wildman–Crippen MR) is 46.9 cm³/mol. The summed E-state index contributed by atoms with van der Waals surface area (Å²) in [7, 11) is 0. The number of hydrogen-bond acceptors (Lipinski definition) is 2. The van der Waals surface area contributed by atoms with E-state index in [0.717, 1.165) is 30.8 Å². The molecule has 0 aromatic heterocycles. The highest BCUT2D eigenvalue weighted by Crippen LogP contribution is 2.44. The van der Waals surface area contributed by atoms with Crippen LogP contribution in [0.2, 0.25) is 0 Å². The van der Waals surface area contributed by atoms with E-state index in [4.69, 9.17) is 0 Å². The summed E-state index contributed by atoms with van der Waals surface area (Å²) in [5.41, 5.74) is 0. The van der Waals surface area contributed by atoms with Crippen LogP contribution in [0.15, 0.2) is 0 Å². The topological polar surface area (TPSA) is 23.5 Å². The van der Waals surface area contributed by atoms with Gasteiger partial charge in [0.2, 0.25) is 0 Å². The van der Waals surface area contributed by atoms with Crippen LogP contribution >= 0.6 is 0 Å². The third-order valence-electron chi connectivity index (χ3n) is 4.06. The number of hydrogen-bond donors (Lipinski definition) is 1. The van der Waals surface area contributed by atoms with Gasteiger partial charge in [-0.05, 0) is 44.6 Å². The average molecular weight is 167 g/mol. The first kappa shape index (κ1) is 7.34. The minimum atomic E-state index is 0.0133. The Morgan fingerprint density at radius 1 is 1.17 bits per heavy atom. The number of piperidine rings is 2. The molecule has 0 aromatic carbocycles. The number of rotatable bonds is 0. The fraction of sp³-hybridized carbons (Fsp3) is 1.00. The lowest BCUT2D eigenvalue weighted by atomic mass is 9.89. The van der Waals surface area contributed by atoms with E-state index in [0.29, 0.717) is 0 Å². The van der Waals surface area contributed by atoms with Crippen molar-refractivity contribution < 1.29 is 5.11 Å². The molecule has 0 saturated carbocycles. The quantitative estimate of drug-likeness (QED) is 0.581. The number of nitrogens with zero attached hydrogens (tertiary/aromatic N) is 1. The van der Waals surface area contributed by atoms with Crippen molar-refractivity contribution >= 4 is 0 Å². The molecule has 12 heavy (non-hydrogen) atoms. The zero-order chi connectivity index (χ0) is 8.13. The van der Waals surface area contributed by atoms with E-state index in [-0.39, 0.29) is 6.10 Å². The molecule has 0 radical (unpaired) electrons. The SMILES string of the molecule is OC1C[C@H]2CC3CCCN2[C@@H]3C1. The van der Waals surface area contributed by atoms with E-state index < -0.39 is 0 Å². The molecular formula is C10H17NO. The third kappa shape index (κ3) is 0.882. The highest BCUT2D eigenvalue weighted by atomic mass is 16.3. The predicted octanol–water partition coefficient (Wildman–Crippen LogP) is 0.994. The average Bonchev–Trinajstić information content (AvgIpc) is 2.26. The summed E-state index contributed by atoms with van der Waals surface area (Å²) in [6.45, 7) is 1.30. The second kappa shape index (κ2) is 2.46. The van der Waals surface area contributed by atoms with Crippen molar-refractivity contribution in [2.24, 2.45) is 5.92 Å². The lowest BCUT2D eigenvalue weighted by Crippen LogP contribution is -2.47. The van der Waals surface area contributed by atoms with E-state index in [1.54, 1.807) is 0 Å². The summed E-state index contributed by atoms with van der Waals surface area (Å²) in [5, 5.41) is 9.62. The Hall–Kier alpha value is -0.0800. The molecule has 0 aromatic rings. The molecule has 3 fully saturated rings. The molecule has 0 aliphatic carbocycles. The monoisotopic (exact) mass is 167 g/mol. The van der Waals surface area contributed by atoms with Gasteiger partial charge in [-0.15, -0.1) is 0 Å². The van der Waals surface area contributed by atoms with Gasteiger partial charge in [-0.2, -0.15) is 0 Å². The molecule has 3 heterocycles. The molecule has 3 saturated heterocycles. The smallest absolute Gasteiger partial charge is 0.0570 e. The molecule has 3 aliphatic rings. The minimum absolute atomic E-state index is 0.0133. The Morgan fingerprint density at radius 3 is 3.00 bits per heavy atom. The van der Waals surface area contributed by atoms with E-state index in [9.17, 15) is 5.11 Å². The largest absolute Gasteiger partial charge is 0.393 e. The van der Waals surface area contributed by atoms with Gasteiger partial charge in [0.15, 0.2) is 0 Å². The third-order valence-corrected chi connectivity index (χ3v) is 4.06. The Bertz CT molecular complexity index is 194. The fourth-order valence-electron chi connectivity index (χ4n) is 3.63. The molecule has 4 bridgehead atoms. The molecule has 0 amide bonds. The van der Waals surface area contributed by atoms with E-state index in [2.05, 4.69) is 4.90 Å². The highest BCUT2D eigenvalue weighted by Gasteiger charge is 2.47. The van der Waals surface area contributed by atoms with Crippen molar-refractivity contribution in [3.8, 4) is 0 Å². The van der Waals surface area contributed by atoms with Gasteiger partial charge in [0, 0.05) is 12.1 Å². The molecular weight excluding hydrogens is 150 g/mol. The van der Waals surface area contributed by atoms with Crippen molar-refractivity contribution in [3.05, 3.63) is 0 Å². The van der Waals surface area contributed by atoms with Gasteiger partial charge in [0.25, 0.3) is 0 Å². The summed E-state index contributed by atoms with van der Waals surface area (Å²) in [6.07, 6.45) is 6.31. The van der Waals surface area contributed by atoms with Gasteiger partial charge in [-0.25, -0.2) is 0 Å². The van der Waals surface area contributed by atoms with Crippen LogP contribution in [-0.4, -0.2) is 34.7 Å². The molecule has 5 atom stereocenters. The van der Waals surface area contributed by atoms with Crippen LogP contribution in [0, 0.1) is 5.92 Å². The van der Waals surface area contributed by atoms with E-state index in [1.807, 2.05) is 0 Å². The van der Waals surface area contributed by atoms with Crippen LogP contribution in [0.25, 0.3) is 0 Å². The number of aliphatic hydroxyl groups is 1. The van der Waals surface area contributed by atoms with Gasteiger partial charge in [0.05, 0.1) is 6.10 Å². The molecule has 2 nitrogen and oxygen atoms in total. The van der Waals surface area contributed by atoms with Gasteiger partial charge in [0.1, 0.15) is 0 Å². The first-order valence-electron chi connectivity index (χ1n) is 5.28. The summed E-state index contributed by atoms with van der Waals surface area (Å²) in [5.74, 6) is 0.931. The lowest BCUT2D eigenvalue weighted by Gasteiger charge is -2.40. The lowest BCUT2D eigenvalue weighted by molar-refractivity contribution is 0.0169. The van der Waals surface area contributed by atoms with Crippen molar-refractivity contribution in [2.75, 3.05) is 6.54 Å². The van der Waals surface area contributed by atoms with Gasteiger partial charge >= 0.3 is 0 Å². The Morgan fingerprint density at radius 2 is 2.08 bits per heavy atom. The molecule has 2 heteroatoms. The Balaban J connectivity index is 1.87. The van der Waals surface area contributed by atoms with Crippen LogP contribution in [0.3, 0.4) is 0 Å². The van der Waals surface area contributed by atoms with Crippen molar-refractivity contribution in [2.45, 2.75) is 50.3 Å². The van der Waals surface area contributed by atoms with Gasteiger partial charge in [-0.3, -0.25) is 4.90 Å². The summed E-state index contributed by atoms with van der Waals surface area (Å²) in [6, 6.07) is 1.50. The molecule has 1 N–H and O–H groups in total. The van der Waals surface area contributed by atoms with Crippen molar-refractivity contribution in [3.63, 3.8) is 0 Å². The molecule has 3 unspecified atom stereocenters. The second-order valence-electron chi connectivity index (χ2n) is 4.72. The maximum Gasteiger partial charge on any atom is 0.0570 e. The number of aliphatic hydroxyl groups excluding tert-OH is 1. The van der Waals surface area contributed by atoms with Gasteiger partial charge in [-0.1, -0.05) is 0 Å². The van der Waals surface area contributed by atoms with Crippen LogP contribution in [0.1, 0.15) is 32.1 Å². The molecule has 3 rings (SSSR count). The Kier molecular flexibility index (Phi) is 1.50. The minimum Gasteiger partial charge on any atom is -0.393 e. The van der Waals surface area contributed by atoms with Crippen LogP contribution < -0.4 is 0 Å². The van der Waals surface area contributed by atoms with Crippen LogP contribution in [-0.2, 0) is 0 Å². The standard InChI is InChI=1S/C10H17NO/c12-9-5-8-4-7-2-1-3-11(8)10(7)6-9/h7-10,12H,1-6H2/t7?,8-,9?,10-/m1/s1. The first-order chi connectivity index (χ1) is 5.84. The Labute approximate surface area is 73.6 Å². The fourth-order valence-corrected chi connectivity index (χ4v) is 3.63. The van der Waals surface area contributed by atoms with Crippen molar-refractivity contribution in [1.82, 2.24) is 4.90 Å². The van der Waals surface area contributed by atoms with E-state index >= 15 is 0 Å². The summed E-state index contributed by atoms with van der Waals surface area (Å²) >= 11 is 0. The van der Waals surface area contributed by atoms with Gasteiger partial charge < -0.3 is 5.11 Å². The van der Waals surface area contributed by atoms with E-state index in [1.165, 1.54) is 25.8 Å². The summed E-state index contributed by atoms with van der Waals surface area (Å²) < 4.78 is 0. The maximum atomic E-state index is 9.62. The summed E-state index contributed by atoms with van der Waals surface area (Å²) in [4.78, 5) is 2.67. The maximum absolute atomic E-state index is 9.62.